The Balaban J connectivity index is 1.57. The predicted octanol–water partition coefficient (Wildman–Crippen LogP) is 3.76. The van der Waals surface area contributed by atoms with Gasteiger partial charge in [-0.15, -0.1) is 11.8 Å². The number of hydrogen-bond acceptors (Lipinski definition) is 4. The molecule has 5 nitrogen and oxygen atoms in total. The number of thioether (sulfide) groups is 1. The Hall–Kier alpha value is -2.12. The van der Waals surface area contributed by atoms with E-state index in [1.54, 1.807) is 24.3 Å². The summed E-state index contributed by atoms with van der Waals surface area (Å²) < 4.78 is 0.927. The molecule has 0 bridgehead atoms. The number of hydrogen-bond donors (Lipinski definition) is 1. The van der Waals surface area contributed by atoms with Crippen molar-refractivity contribution < 1.29 is 14.4 Å². The first-order valence-electron chi connectivity index (χ1n) is 8.04. The van der Waals surface area contributed by atoms with Crippen LogP contribution in [0.1, 0.15) is 12.0 Å². The normalized spacial score (nSPS) is 16.8. The maximum absolute atomic E-state index is 12.6. The Morgan fingerprint density at radius 1 is 1.15 bits per heavy atom. The highest BCUT2D eigenvalue weighted by molar-refractivity contribution is 9.10. The molecule has 0 spiro atoms. The maximum Gasteiger partial charge on any atom is 0.247 e. The molecule has 1 aliphatic heterocycles. The minimum atomic E-state index is -0.528. The zero-order valence-corrected chi connectivity index (χ0v) is 16.5. The molecule has 0 aliphatic carbocycles. The lowest BCUT2D eigenvalue weighted by Crippen LogP contribution is -2.31. The molecular formula is C19H17BrN2O3S. The molecule has 1 saturated heterocycles. The van der Waals surface area contributed by atoms with Gasteiger partial charge in [0.05, 0.1) is 16.7 Å². The first-order valence-corrected chi connectivity index (χ1v) is 9.89. The summed E-state index contributed by atoms with van der Waals surface area (Å²) in [5.41, 5.74) is 2.32. The topological polar surface area (TPSA) is 66.5 Å². The van der Waals surface area contributed by atoms with Crippen molar-refractivity contribution in [2.45, 2.75) is 18.6 Å². The number of benzene rings is 2. The fourth-order valence-corrected chi connectivity index (χ4v) is 3.80. The van der Waals surface area contributed by atoms with Gasteiger partial charge < -0.3 is 5.32 Å². The number of rotatable bonds is 5. The standard InChI is InChI=1S/C19H17BrN2O3S/c1-12-2-8-15(9-3-12)22-18(24)10-16(19(22)25)26-11-17(23)21-14-6-4-13(20)5-7-14/h2-9,16H,10-11H2,1H3,(H,21,23). The number of halogens is 1. The van der Waals surface area contributed by atoms with Crippen molar-refractivity contribution in [2.24, 2.45) is 0 Å². The molecule has 0 radical (unpaired) electrons. The molecule has 3 rings (SSSR count). The Morgan fingerprint density at radius 2 is 1.81 bits per heavy atom. The number of carbonyl (C=O) groups is 3. The third-order valence-electron chi connectivity index (χ3n) is 3.94. The molecule has 1 fully saturated rings. The number of nitrogens with zero attached hydrogens (tertiary/aromatic N) is 1. The highest BCUT2D eigenvalue weighted by atomic mass is 79.9. The second-order valence-corrected chi connectivity index (χ2v) is 8.07. The first-order chi connectivity index (χ1) is 12.4. The number of anilines is 2. The number of nitrogens with one attached hydrogen (secondary N) is 1. The molecule has 3 amide bonds. The molecule has 0 saturated carbocycles. The molecule has 1 atom stereocenters. The molecule has 1 unspecified atom stereocenters. The zero-order chi connectivity index (χ0) is 18.7. The van der Waals surface area contributed by atoms with Crippen LogP contribution in [0, 0.1) is 6.92 Å². The van der Waals surface area contributed by atoms with Gasteiger partial charge >= 0.3 is 0 Å². The van der Waals surface area contributed by atoms with E-state index in [0.29, 0.717) is 11.4 Å². The molecule has 1 N–H and O–H groups in total. The van der Waals surface area contributed by atoms with Crippen LogP contribution in [0.15, 0.2) is 53.0 Å². The lowest BCUT2D eigenvalue weighted by atomic mass is 10.2. The Bertz CT molecular complexity index is 837. The summed E-state index contributed by atoms with van der Waals surface area (Å²) in [6, 6.07) is 14.5. The number of imide groups is 1. The van der Waals surface area contributed by atoms with Crippen molar-refractivity contribution in [3.63, 3.8) is 0 Å². The average molecular weight is 433 g/mol. The zero-order valence-electron chi connectivity index (χ0n) is 14.1. The van der Waals surface area contributed by atoms with Crippen molar-refractivity contribution in [1.82, 2.24) is 0 Å². The van der Waals surface area contributed by atoms with E-state index in [2.05, 4.69) is 21.2 Å². The third-order valence-corrected chi connectivity index (χ3v) is 5.67. The summed E-state index contributed by atoms with van der Waals surface area (Å²) in [6.07, 6.45) is 0.114. The van der Waals surface area contributed by atoms with Crippen molar-refractivity contribution in [3.8, 4) is 0 Å². The van der Waals surface area contributed by atoms with Crippen LogP contribution in [0.2, 0.25) is 0 Å². The van der Waals surface area contributed by atoms with Gasteiger partial charge in [0.15, 0.2) is 0 Å². The minimum Gasteiger partial charge on any atom is -0.325 e. The van der Waals surface area contributed by atoms with E-state index >= 15 is 0 Å². The van der Waals surface area contributed by atoms with E-state index in [1.807, 2.05) is 31.2 Å². The molecule has 2 aromatic carbocycles. The quantitative estimate of drug-likeness (QED) is 0.730. The lowest BCUT2D eigenvalue weighted by molar-refractivity contribution is -0.121. The largest absolute Gasteiger partial charge is 0.325 e. The summed E-state index contributed by atoms with van der Waals surface area (Å²) in [4.78, 5) is 38.1. The maximum atomic E-state index is 12.6. The molecular weight excluding hydrogens is 416 g/mol. The summed E-state index contributed by atoms with van der Waals surface area (Å²) in [5, 5.41) is 2.25. The second kappa shape index (κ2) is 8.05. The van der Waals surface area contributed by atoms with E-state index in [4.69, 9.17) is 0 Å². The lowest BCUT2D eigenvalue weighted by Gasteiger charge is -2.15. The van der Waals surface area contributed by atoms with Gasteiger partial charge in [-0.3, -0.25) is 14.4 Å². The smallest absolute Gasteiger partial charge is 0.247 e. The van der Waals surface area contributed by atoms with E-state index < -0.39 is 5.25 Å². The summed E-state index contributed by atoms with van der Waals surface area (Å²) in [7, 11) is 0. The van der Waals surface area contributed by atoms with Gasteiger partial charge in [-0.05, 0) is 43.3 Å². The highest BCUT2D eigenvalue weighted by Crippen LogP contribution is 2.30. The molecule has 1 heterocycles. The monoisotopic (exact) mass is 432 g/mol. The van der Waals surface area contributed by atoms with Gasteiger partial charge in [0.1, 0.15) is 0 Å². The molecule has 0 aromatic heterocycles. The average Bonchev–Trinajstić information content (AvgIpc) is 2.90. The van der Waals surface area contributed by atoms with Crippen LogP contribution < -0.4 is 10.2 Å². The van der Waals surface area contributed by atoms with Crippen LogP contribution in [0.4, 0.5) is 11.4 Å². The van der Waals surface area contributed by atoms with Crippen molar-refractivity contribution >= 4 is 56.8 Å². The van der Waals surface area contributed by atoms with Gasteiger partial charge in [0.2, 0.25) is 17.7 Å². The van der Waals surface area contributed by atoms with E-state index in [-0.39, 0.29) is 29.9 Å². The summed E-state index contributed by atoms with van der Waals surface area (Å²) in [5.74, 6) is -0.585. The third kappa shape index (κ3) is 4.34. The van der Waals surface area contributed by atoms with Crippen LogP contribution in [0.25, 0.3) is 0 Å². The van der Waals surface area contributed by atoms with Crippen LogP contribution in [-0.4, -0.2) is 28.7 Å². The van der Waals surface area contributed by atoms with E-state index in [1.165, 1.54) is 16.7 Å². The Kier molecular flexibility index (Phi) is 5.78. The molecule has 7 heteroatoms. The molecule has 2 aromatic rings. The molecule has 134 valence electrons. The first kappa shape index (κ1) is 18.7. The fourth-order valence-electron chi connectivity index (χ4n) is 2.61. The van der Waals surface area contributed by atoms with Gasteiger partial charge in [0, 0.05) is 16.6 Å². The van der Waals surface area contributed by atoms with Crippen LogP contribution in [0.3, 0.4) is 0 Å². The van der Waals surface area contributed by atoms with Crippen LogP contribution in [0.5, 0.6) is 0 Å². The van der Waals surface area contributed by atoms with Crippen molar-refractivity contribution in [2.75, 3.05) is 16.0 Å². The number of aryl methyl sites for hydroxylation is 1. The summed E-state index contributed by atoms with van der Waals surface area (Å²) >= 11 is 4.53. The number of carbonyl (C=O) groups excluding carboxylic acids is 3. The van der Waals surface area contributed by atoms with Gasteiger partial charge in [0.25, 0.3) is 0 Å². The molecule has 26 heavy (non-hydrogen) atoms. The Labute approximate surface area is 164 Å². The van der Waals surface area contributed by atoms with Crippen LogP contribution >= 0.6 is 27.7 Å². The van der Waals surface area contributed by atoms with Gasteiger partial charge in [-0.2, -0.15) is 0 Å². The van der Waals surface area contributed by atoms with Crippen molar-refractivity contribution in [1.29, 1.82) is 0 Å². The minimum absolute atomic E-state index is 0.113. The van der Waals surface area contributed by atoms with E-state index in [0.717, 1.165) is 10.0 Å². The van der Waals surface area contributed by atoms with Crippen molar-refractivity contribution in [3.05, 3.63) is 58.6 Å². The van der Waals surface area contributed by atoms with Crippen LogP contribution in [-0.2, 0) is 14.4 Å². The molecule has 1 aliphatic rings. The predicted molar refractivity (Wildman–Crippen MR) is 107 cm³/mol. The fraction of sp³-hybridized carbons (Fsp3) is 0.211. The highest BCUT2D eigenvalue weighted by Gasteiger charge is 2.39. The second-order valence-electron chi connectivity index (χ2n) is 5.96. The SMILES string of the molecule is Cc1ccc(N2C(=O)CC(SCC(=O)Nc3ccc(Br)cc3)C2=O)cc1. The number of amides is 3. The van der Waals surface area contributed by atoms with E-state index in [9.17, 15) is 14.4 Å². The Morgan fingerprint density at radius 3 is 2.46 bits per heavy atom. The van der Waals surface area contributed by atoms with Gasteiger partial charge in [-0.1, -0.05) is 33.6 Å². The van der Waals surface area contributed by atoms with Gasteiger partial charge in [-0.25, -0.2) is 4.90 Å². The summed E-state index contributed by atoms with van der Waals surface area (Å²) in [6.45, 7) is 1.94.